The highest BCUT2D eigenvalue weighted by molar-refractivity contribution is 5.78. The van der Waals surface area contributed by atoms with Crippen LogP contribution in [0.25, 0.3) is 0 Å². The summed E-state index contributed by atoms with van der Waals surface area (Å²) in [4.78, 5) is 16.7. The molecule has 2 atom stereocenters. The average molecular weight is 254 g/mol. The number of carbonyl (C=O) groups excluding carboxylic acids is 1. The normalized spacial score (nSPS) is 30.4. The van der Waals surface area contributed by atoms with Crippen molar-refractivity contribution in [2.75, 3.05) is 32.8 Å². The lowest BCUT2D eigenvalue weighted by Gasteiger charge is -2.37. The Morgan fingerprint density at radius 3 is 2.89 bits per heavy atom. The van der Waals surface area contributed by atoms with Crippen LogP contribution in [0, 0.1) is 0 Å². The summed E-state index contributed by atoms with van der Waals surface area (Å²) in [7, 11) is 0. The number of nitrogens with zero attached hydrogens (tertiary/aromatic N) is 2. The SMILES string of the molecule is CC[C@H]1CCCCN1CC(=O)N1CCO[C@H](C)C1. The zero-order valence-electron chi connectivity index (χ0n) is 11.7. The molecule has 0 spiro atoms. The molecule has 2 aliphatic heterocycles. The summed E-state index contributed by atoms with van der Waals surface area (Å²) in [5.41, 5.74) is 0. The van der Waals surface area contributed by atoms with Crippen LogP contribution in [-0.4, -0.2) is 60.6 Å². The Morgan fingerprint density at radius 2 is 2.17 bits per heavy atom. The number of rotatable bonds is 3. The van der Waals surface area contributed by atoms with Gasteiger partial charge >= 0.3 is 0 Å². The second-order valence-electron chi connectivity index (χ2n) is 5.55. The van der Waals surface area contributed by atoms with Crippen LogP contribution in [0.2, 0.25) is 0 Å². The highest BCUT2D eigenvalue weighted by atomic mass is 16.5. The van der Waals surface area contributed by atoms with E-state index in [0.717, 1.165) is 26.1 Å². The molecule has 0 saturated carbocycles. The number of carbonyl (C=O) groups is 1. The van der Waals surface area contributed by atoms with Crippen molar-refractivity contribution in [1.29, 1.82) is 0 Å². The van der Waals surface area contributed by atoms with Gasteiger partial charge in [-0.1, -0.05) is 13.3 Å². The van der Waals surface area contributed by atoms with Gasteiger partial charge < -0.3 is 9.64 Å². The lowest BCUT2D eigenvalue weighted by molar-refractivity contribution is -0.140. The van der Waals surface area contributed by atoms with E-state index in [0.29, 0.717) is 19.2 Å². The van der Waals surface area contributed by atoms with Crippen molar-refractivity contribution in [3.8, 4) is 0 Å². The molecule has 4 heteroatoms. The van der Waals surface area contributed by atoms with Gasteiger partial charge in [0.1, 0.15) is 0 Å². The first-order valence-corrected chi connectivity index (χ1v) is 7.34. The third-order valence-corrected chi connectivity index (χ3v) is 4.15. The maximum atomic E-state index is 12.3. The number of likely N-dealkylation sites (tertiary alicyclic amines) is 1. The second-order valence-corrected chi connectivity index (χ2v) is 5.55. The van der Waals surface area contributed by atoms with Crippen LogP contribution in [0.15, 0.2) is 0 Å². The average Bonchev–Trinajstić information content (AvgIpc) is 2.39. The van der Waals surface area contributed by atoms with E-state index >= 15 is 0 Å². The summed E-state index contributed by atoms with van der Waals surface area (Å²) in [6, 6.07) is 0.612. The summed E-state index contributed by atoms with van der Waals surface area (Å²) < 4.78 is 5.48. The highest BCUT2D eigenvalue weighted by Crippen LogP contribution is 2.19. The molecular formula is C14H26N2O2. The van der Waals surface area contributed by atoms with E-state index in [1.165, 1.54) is 19.3 Å². The lowest BCUT2D eigenvalue weighted by Crippen LogP contribution is -2.50. The molecule has 0 unspecified atom stereocenters. The molecule has 2 saturated heterocycles. The highest BCUT2D eigenvalue weighted by Gasteiger charge is 2.27. The first kappa shape index (κ1) is 13.8. The lowest BCUT2D eigenvalue weighted by atomic mass is 10.00. The van der Waals surface area contributed by atoms with Crippen LogP contribution in [0.4, 0.5) is 0 Å². The van der Waals surface area contributed by atoms with Gasteiger partial charge in [0.15, 0.2) is 0 Å². The van der Waals surface area contributed by atoms with Crippen molar-refractivity contribution in [3.05, 3.63) is 0 Å². The van der Waals surface area contributed by atoms with Gasteiger partial charge in [-0.25, -0.2) is 0 Å². The molecule has 18 heavy (non-hydrogen) atoms. The number of hydrogen-bond acceptors (Lipinski definition) is 3. The Morgan fingerprint density at radius 1 is 1.33 bits per heavy atom. The zero-order chi connectivity index (χ0) is 13.0. The standard InChI is InChI=1S/C14H26N2O2/c1-3-13-6-4-5-7-15(13)11-14(17)16-8-9-18-12(2)10-16/h12-13H,3-11H2,1-2H3/t12-,13+/m1/s1. The fourth-order valence-electron chi connectivity index (χ4n) is 3.05. The topological polar surface area (TPSA) is 32.8 Å². The Kier molecular flexibility index (Phi) is 5.01. The molecule has 2 aliphatic rings. The van der Waals surface area contributed by atoms with Crippen molar-refractivity contribution in [3.63, 3.8) is 0 Å². The largest absolute Gasteiger partial charge is 0.375 e. The van der Waals surface area contributed by atoms with Gasteiger partial charge in [0, 0.05) is 19.1 Å². The molecule has 2 heterocycles. The van der Waals surface area contributed by atoms with Crippen molar-refractivity contribution in [1.82, 2.24) is 9.80 Å². The molecule has 0 aliphatic carbocycles. The van der Waals surface area contributed by atoms with E-state index in [1.807, 2.05) is 11.8 Å². The van der Waals surface area contributed by atoms with Gasteiger partial charge in [-0.15, -0.1) is 0 Å². The first-order chi connectivity index (χ1) is 8.70. The van der Waals surface area contributed by atoms with Gasteiger partial charge in [0.05, 0.1) is 19.3 Å². The fraction of sp³-hybridized carbons (Fsp3) is 0.929. The Bertz CT molecular complexity index is 283. The van der Waals surface area contributed by atoms with Gasteiger partial charge in [-0.05, 0) is 32.7 Å². The summed E-state index contributed by atoms with van der Waals surface area (Å²) in [6.07, 6.45) is 5.16. The molecule has 0 radical (unpaired) electrons. The molecular weight excluding hydrogens is 228 g/mol. The van der Waals surface area contributed by atoms with Crippen LogP contribution in [0.1, 0.15) is 39.5 Å². The summed E-state index contributed by atoms with van der Waals surface area (Å²) in [5, 5.41) is 0. The monoisotopic (exact) mass is 254 g/mol. The molecule has 1 amide bonds. The fourth-order valence-corrected chi connectivity index (χ4v) is 3.05. The molecule has 2 fully saturated rings. The van der Waals surface area contributed by atoms with E-state index in [-0.39, 0.29) is 12.0 Å². The summed E-state index contributed by atoms with van der Waals surface area (Å²) >= 11 is 0. The molecule has 0 aromatic heterocycles. The molecule has 104 valence electrons. The van der Waals surface area contributed by atoms with E-state index in [4.69, 9.17) is 4.74 Å². The number of piperidine rings is 1. The minimum absolute atomic E-state index is 0.186. The maximum absolute atomic E-state index is 12.3. The van der Waals surface area contributed by atoms with Gasteiger partial charge in [0.2, 0.25) is 5.91 Å². The van der Waals surface area contributed by atoms with Gasteiger partial charge in [-0.3, -0.25) is 9.69 Å². The number of amides is 1. The smallest absolute Gasteiger partial charge is 0.236 e. The minimum atomic E-state index is 0.186. The molecule has 0 bridgehead atoms. The number of morpholine rings is 1. The Balaban J connectivity index is 1.85. The van der Waals surface area contributed by atoms with Gasteiger partial charge in [-0.2, -0.15) is 0 Å². The third kappa shape index (κ3) is 3.45. The molecule has 0 aromatic rings. The summed E-state index contributed by atoms with van der Waals surface area (Å²) in [5.74, 6) is 0.283. The number of hydrogen-bond donors (Lipinski definition) is 0. The van der Waals surface area contributed by atoms with Crippen LogP contribution in [0.3, 0.4) is 0 Å². The number of ether oxygens (including phenoxy) is 1. The van der Waals surface area contributed by atoms with E-state index in [2.05, 4.69) is 11.8 Å². The summed E-state index contributed by atoms with van der Waals surface area (Å²) in [6.45, 7) is 8.15. The van der Waals surface area contributed by atoms with Gasteiger partial charge in [0.25, 0.3) is 0 Å². The van der Waals surface area contributed by atoms with E-state index in [9.17, 15) is 4.79 Å². The van der Waals surface area contributed by atoms with Crippen LogP contribution in [-0.2, 0) is 9.53 Å². The van der Waals surface area contributed by atoms with Crippen molar-refractivity contribution < 1.29 is 9.53 Å². The van der Waals surface area contributed by atoms with Crippen LogP contribution >= 0.6 is 0 Å². The predicted molar refractivity (Wildman–Crippen MR) is 71.5 cm³/mol. The van der Waals surface area contributed by atoms with E-state index < -0.39 is 0 Å². The van der Waals surface area contributed by atoms with Crippen LogP contribution < -0.4 is 0 Å². The van der Waals surface area contributed by atoms with Crippen LogP contribution in [0.5, 0.6) is 0 Å². The zero-order valence-corrected chi connectivity index (χ0v) is 11.7. The molecule has 4 nitrogen and oxygen atoms in total. The molecule has 0 aromatic carbocycles. The predicted octanol–water partition coefficient (Wildman–Crippen LogP) is 1.50. The Hall–Kier alpha value is -0.610. The molecule has 0 N–H and O–H groups in total. The Labute approximate surface area is 110 Å². The quantitative estimate of drug-likeness (QED) is 0.765. The first-order valence-electron chi connectivity index (χ1n) is 7.34. The minimum Gasteiger partial charge on any atom is -0.375 e. The van der Waals surface area contributed by atoms with Crippen molar-refractivity contribution in [2.24, 2.45) is 0 Å². The van der Waals surface area contributed by atoms with E-state index in [1.54, 1.807) is 0 Å². The van der Waals surface area contributed by atoms with Crippen molar-refractivity contribution in [2.45, 2.75) is 51.7 Å². The maximum Gasteiger partial charge on any atom is 0.236 e. The second kappa shape index (κ2) is 6.53. The third-order valence-electron chi connectivity index (χ3n) is 4.15. The van der Waals surface area contributed by atoms with Crippen molar-refractivity contribution >= 4 is 5.91 Å². The molecule has 2 rings (SSSR count).